The van der Waals surface area contributed by atoms with E-state index in [0.717, 1.165) is 29.8 Å². The van der Waals surface area contributed by atoms with Gasteiger partial charge in [-0.1, -0.05) is 50.3 Å². The zero-order valence-corrected chi connectivity index (χ0v) is 12.5. The molecule has 2 rings (SSSR count). The molecule has 0 amide bonds. The lowest BCUT2D eigenvalue weighted by atomic mass is 9.99. The summed E-state index contributed by atoms with van der Waals surface area (Å²) in [6.07, 6.45) is 6.81. The average Bonchev–Trinajstić information content (AvgIpc) is 2.89. The second-order valence-electron chi connectivity index (χ2n) is 5.41. The predicted octanol–water partition coefficient (Wildman–Crippen LogP) is 4.28. The van der Waals surface area contributed by atoms with E-state index in [0.29, 0.717) is 6.04 Å². The van der Waals surface area contributed by atoms with Gasteiger partial charge in [0.05, 0.1) is 0 Å². The van der Waals surface area contributed by atoms with Crippen LogP contribution in [0.1, 0.15) is 39.0 Å². The Hall–Kier alpha value is -0.730. The van der Waals surface area contributed by atoms with E-state index in [1.165, 1.54) is 32.1 Å². The Balaban J connectivity index is 1.82. The molecule has 0 bridgehead atoms. The zero-order valence-electron chi connectivity index (χ0n) is 11.7. The highest BCUT2D eigenvalue weighted by Gasteiger charge is 2.20. The highest BCUT2D eigenvalue weighted by atomic mass is 35.5. The monoisotopic (exact) mass is 281 g/mol. The molecule has 1 unspecified atom stereocenters. The third-order valence-electron chi connectivity index (χ3n) is 3.83. The third-order valence-corrected chi connectivity index (χ3v) is 4.07. The van der Waals surface area contributed by atoms with Crippen molar-refractivity contribution >= 4 is 11.6 Å². The molecular formula is C16H24ClNO. The van der Waals surface area contributed by atoms with Gasteiger partial charge >= 0.3 is 0 Å². The summed E-state index contributed by atoms with van der Waals surface area (Å²) in [5.41, 5.74) is 0. The quantitative estimate of drug-likeness (QED) is 0.805. The Labute approximate surface area is 121 Å². The zero-order chi connectivity index (χ0) is 13.5. The summed E-state index contributed by atoms with van der Waals surface area (Å²) in [5.74, 6) is 1.74. The summed E-state index contributed by atoms with van der Waals surface area (Å²) >= 11 is 5.96. The lowest BCUT2D eigenvalue weighted by Crippen LogP contribution is -2.36. The van der Waals surface area contributed by atoms with Gasteiger partial charge in [0.25, 0.3) is 0 Å². The van der Waals surface area contributed by atoms with Crippen LogP contribution in [-0.4, -0.2) is 19.2 Å². The lowest BCUT2D eigenvalue weighted by Gasteiger charge is -2.21. The van der Waals surface area contributed by atoms with E-state index in [2.05, 4.69) is 12.2 Å². The molecule has 1 aliphatic rings. The van der Waals surface area contributed by atoms with E-state index in [1.807, 2.05) is 24.3 Å². The fourth-order valence-corrected chi connectivity index (χ4v) is 3.08. The molecule has 19 heavy (non-hydrogen) atoms. The number of benzene rings is 1. The Morgan fingerprint density at radius 3 is 2.84 bits per heavy atom. The van der Waals surface area contributed by atoms with Crippen molar-refractivity contribution in [2.24, 2.45) is 5.92 Å². The van der Waals surface area contributed by atoms with Gasteiger partial charge < -0.3 is 10.1 Å². The van der Waals surface area contributed by atoms with Gasteiger partial charge in [0.1, 0.15) is 12.4 Å². The third kappa shape index (κ3) is 5.04. The fourth-order valence-electron chi connectivity index (χ4n) is 2.90. The molecule has 0 spiro atoms. The molecule has 0 saturated heterocycles. The summed E-state index contributed by atoms with van der Waals surface area (Å²) in [6.45, 7) is 3.88. The SMILES string of the molecule is CCNC(COc1cccc(Cl)c1)CC1CCCC1. The molecule has 1 aromatic rings. The number of ether oxygens (including phenoxy) is 1. The van der Waals surface area contributed by atoms with Crippen LogP contribution in [0.25, 0.3) is 0 Å². The van der Waals surface area contributed by atoms with Crippen LogP contribution in [0.3, 0.4) is 0 Å². The molecule has 1 fully saturated rings. The summed E-state index contributed by atoms with van der Waals surface area (Å²) in [4.78, 5) is 0. The number of likely N-dealkylation sites (N-methyl/N-ethyl adjacent to an activating group) is 1. The normalized spacial score (nSPS) is 17.6. The van der Waals surface area contributed by atoms with Crippen LogP contribution >= 0.6 is 11.6 Å². The van der Waals surface area contributed by atoms with Gasteiger partial charge in [-0.3, -0.25) is 0 Å². The minimum atomic E-state index is 0.451. The van der Waals surface area contributed by atoms with Gasteiger partial charge in [-0.05, 0) is 37.1 Å². The smallest absolute Gasteiger partial charge is 0.120 e. The molecule has 0 heterocycles. The van der Waals surface area contributed by atoms with Gasteiger partial charge in [-0.25, -0.2) is 0 Å². The first-order valence-corrected chi connectivity index (χ1v) is 7.77. The van der Waals surface area contributed by atoms with Crippen LogP contribution < -0.4 is 10.1 Å². The van der Waals surface area contributed by atoms with E-state index < -0.39 is 0 Å². The van der Waals surface area contributed by atoms with Crippen molar-refractivity contribution < 1.29 is 4.74 Å². The first-order chi connectivity index (χ1) is 9.28. The molecule has 0 aromatic heterocycles. The molecule has 0 aliphatic heterocycles. The van der Waals surface area contributed by atoms with Crippen LogP contribution in [0.2, 0.25) is 5.02 Å². The highest BCUT2D eigenvalue weighted by molar-refractivity contribution is 6.30. The number of hydrogen-bond donors (Lipinski definition) is 1. The maximum atomic E-state index is 5.96. The first-order valence-electron chi connectivity index (χ1n) is 7.39. The van der Waals surface area contributed by atoms with Gasteiger partial charge in [0.15, 0.2) is 0 Å². The van der Waals surface area contributed by atoms with E-state index in [-0.39, 0.29) is 0 Å². The second-order valence-corrected chi connectivity index (χ2v) is 5.85. The molecular weight excluding hydrogens is 258 g/mol. The minimum absolute atomic E-state index is 0.451. The molecule has 0 radical (unpaired) electrons. The van der Waals surface area contributed by atoms with Crippen molar-refractivity contribution in [2.75, 3.05) is 13.2 Å². The molecule has 106 valence electrons. The number of nitrogens with one attached hydrogen (secondary N) is 1. The Bertz CT molecular complexity index is 377. The maximum absolute atomic E-state index is 5.96. The van der Waals surface area contributed by atoms with Crippen molar-refractivity contribution in [3.63, 3.8) is 0 Å². The lowest BCUT2D eigenvalue weighted by molar-refractivity contribution is 0.240. The average molecular weight is 282 g/mol. The van der Waals surface area contributed by atoms with E-state index >= 15 is 0 Å². The van der Waals surface area contributed by atoms with Crippen molar-refractivity contribution in [3.8, 4) is 5.75 Å². The Morgan fingerprint density at radius 2 is 2.16 bits per heavy atom. The second kappa shape index (κ2) is 7.76. The van der Waals surface area contributed by atoms with Crippen molar-refractivity contribution in [1.82, 2.24) is 5.32 Å². The highest BCUT2D eigenvalue weighted by Crippen LogP contribution is 2.28. The van der Waals surface area contributed by atoms with E-state index in [9.17, 15) is 0 Å². The first kappa shape index (κ1) is 14.7. The number of halogens is 1. The van der Waals surface area contributed by atoms with Crippen LogP contribution in [0, 0.1) is 5.92 Å². The Kier molecular flexibility index (Phi) is 5.99. The minimum Gasteiger partial charge on any atom is -0.492 e. The van der Waals surface area contributed by atoms with E-state index in [1.54, 1.807) is 0 Å². The molecule has 1 atom stereocenters. The fraction of sp³-hybridized carbons (Fsp3) is 0.625. The van der Waals surface area contributed by atoms with Crippen LogP contribution in [0.4, 0.5) is 0 Å². The van der Waals surface area contributed by atoms with Crippen molar-refractivity contribution in [1.29, 1.82) is 0 Å². The summed E-state index contributed by atoms with van der Waals surface area (Å²) < 4.78 is 5.86. The Morgan fingerprint density at radius 1 is 1.37 bits per heavy atom. The van der Waals surface area contributed by atoms with Gasteiger partial charge in [-0.2, -0.15) is 0 Å². The summed E-state index contributed by atoms with van der Waals surface area (Å²) in [7, 11) is 0. The molecule has 1 saturated carbocycles. The van der Waals surface area contributed by atoms with Crippen LogP contribution in [0.5, 0.6) is 5.75 Å². The summed E-state index contributed by atoms with van der Waals surface area (Å²) in [5, 5.41) is 4.27. The van der Waals surface area contributed by atoms with Crippen LogP contribution in [-0.2, 0) is 0 Å². The molecule has 1 aromatic carbocycles. The largest absolute Gasteiger partial charge is 0.492 e. The standard InChI is InChI=1S/C16H24ClNO/c1-2-18-15(10-13-6-3-4-7-13)12-19-16-9-5-8-14(17)11-16/h5,8-9,11,13,15,18H,2-4,6-7,10,12H2,1H3. The van der Waals surface area contributed by atoms with E-state index in [4.69, 9.17) is 16.3 Å². The van der Waals surface area contributed by atoms with Crippen LogP contribution in [0.15, 0.2) is 24.3 Å². The van der Waals surface area contributed by atoms with Gasteiger partial charge in [0.2, 0.25) is 0 Å². The number of hydrogen-bond acceptors (Lipinski definition) is 2. The van der Waals surface area contributed by atoms with Crippen molar-refractivity contribution in [3.05, 3.63) is 29.3 Å². The van der Waals surface area contributed by atoms with Gasteiger partial charge in [0, 0.05) is 11.1 Å². The molecule has 1 aliphatic carbocycles. The number of rotatable bonds is 7. The maximum Gasteiger partial charge on any atom is 0.120 e. The van der Waals surface area contributed by atoms with Gasteiger partial charge in [-0.15, -0.1) is 0 Å². The topological polar surface area (TPSA) is 21.3 Å². The summed E-state index contributed by atoms with van der Waals surface area (Å²) in [6, 6.07) is 8.09. The van der Waals surface area contributed by atoms with Crippen molar-refractivity contribution in [2.45, 2.75) is 45.1 Å². The predicted molar refractivity (Wildman–Crippen MR) is 81.0 cm³/mol. The molecule has 1 N–H and O–H groups in total. The molecule has 2 nitrogen and oxygen atoms in total. The molecule has 3 heteroatoms.